The monoisotopic (exact) mass is 316 g/mol. The van der Waals surface area contributed by atoms with E-state index in [2.05, 4.69) is 10.3 Å². The third-order valence-corrected chi connectivity index (χ3v) is 2.98. The lowest BCUT2D eigenvalue weighted by atomic mass is 10.2. The van der Waals surface area contributed by atoms with Crippen LogP contribution in [0.3, 0.4) is 0 Å². The Morgan fingerprint density at radius 2 is 1.96 bits per heavy atom. The van der Waals surface area contributed by atoms with Crippen LogP contribution < -0.4 is 14.8 Å². The molecule has 1 heterocycles. The number of carbonyl (C=O) groups excluding carboxylic acids is 1. The lowest BCUT2D eigenvalue weighted by Crippen LogP contribution is -2.16. The van der Waals surface area contributed by atoms with E-state index in [9.17, 15) is 4.79 Å². The van der Waals surface area contributed by atoms with Gasteiger partial charge in [0, 0.05) is 13.3 Å². The number of amides is 1. The summed E-state index contributed by atoms with van der Waals surface area (Å²) in [5, 5.41) is 2.83. The molecule has 0 aliphatic carbocycles. The minimum Gasteiger partial charge on any atom is -0.492 e. The summed E-state index contributed by atoms with van der Waals surface area (Å²) in [4.78, 5) is 16.6. The van der Waals surface area contributed by atoms with Crippen LogP contribution in [0.25, 0.3) is 0 Å². The summed E-state index contributed by atoms with van der Waals surface area (Å²) in [5.74, 6) is 0.586. The minimum atomic E-state index is -0.308. The van der Waals surface area contributed by atoms with Gasteiger partial charge in [-0.15, -0.1) is 0 Å². The Hall–Kier alpha value is -2.60. The van der Waals surface area contributed by atoms with E-state index in [0.717, 1.165) is 0 Å². The number of rotatable bonds is 8. The Kier molecular flexibility index (Phi) is 6.38. The number of para-hydroxylation sites is 2. The molecule has 2 aromatic rings. The molecule has 0 unspecified atom stereocenters. The van der Waals surface area contributed by atoms with Crippen molar-refractivity contribution in [3.8, 4) is 11.6 Å². The van der Waals surface area contributed by atoms with Gasteiger partial charge in [-0.3, -0.25) is 4.79 Å². The normalized spacial score (nSPS) is 10.2. The summed E-state index contributed by atoms with van der Waals surface area (Å²) in [6.45, 7) is 3.15. The molecule has 2 rings (SSSR count). The van der Waals surface area contributed by atoms with Crippen LogP contribution >= 0.6 is 0 Å². The highest BCUT2D eigenvalue weighted by molar-refractivity contribution is 6.06. The zero-order valence-corrected chi connectivity index (χ0v) is 13.2. The number of anilines is 1. The molecule has 1 aromatic heterocycles. The van der Waals surface area contributed by atoms with Crippen molar-refractivity contribution in [1.29, 1.82) is 0 Å². The molecule has 0 saturated carbocycles. The van der Waals surface area contributed by atoms with Crippen molar-refractivity contribution in [3.63, 3.8) is 0 Å². The van der Waals surface area contributed by atoms with Gasteiger partial charge in [-0.2, -0.15) is 0 Å². The molecule has 0 fully saturated rings. The molecule has 1 aromatic carbocycles. The van der Waals surface area contributed by atoms with Crippen molar-refractivity contribution >= 4 is 11.6 Å². The van der Waals surface area contributed by atoms with Gasteiger partial charge in [-0.25, -0.2) is 4.98 Å². The fourth-order valence-electron chi connectivity index (χ4n) is 1.94. The number of hydrogen-bond donors (Lipinski definition) is 1. The maximum Gasteiger partial charge on any atom is 0.261 e. The quantitative estimate of drug-likeness (QED) is 0.758. The summed E-state index contributed by atoms with van der Waals surface area (Å²) in [5.41, 5.74) is 0.959. The fraction of sp³-hybridized carbons (Fsp3) is 0.294. The average molecular weight is 316 g/mol. The SMILES string of the molecule is CCOc1ccccc1NC(=O)c1cccnc1OCCOC. The van der Waals surface area contributed by atoms with Crippen LogP contribution in [0.5, 0.6) is 11.6 Å². The van der Waals surface area contributed by atoms with Crippen LogP contribution in [0.2, 0.25) is 0 Å². The molecule has 0 radical (unpaired) electrons. The van der Waals surface area contributed by atoms with Crippen LogP contribution in [0.1, 0.15) is 17.3 Å². The van der Waals surface area contributed by atoms with Gasteiger partial charge in [-0.1, -0.05) is 12.1 Å². The van der Waals surface area contributed by atoms with E-state index in [-0.39, 0.29) is 11.8 Å². The summed E-state index contributed by atoms with van der Waals surface area (Å²) < 4.78 is 15.9. The smallest absolute Gasteiger partial charge is 0.261 e. The van der Waals surface area contributed by atoms with Gasteiger partial charge < -0.3 is 19.5 Å². The third kappa shape index (κ3) is 4.69. The number of nitrogens with zero attached hydrogens (tertiary/aromatic N) is 1. The maximum atomic E-state index is 12.5. The molecule has 23 heavy (non-hydrogen) atoms. The lowest BCUT2D eigenvalue weighted by molar-refractivity contribution is 0.101. The molecule has 6 heteroatoms. The highest BCUT2D eigenvalue weighted by atomic mass is 16.5. The number of carbonyl (C=O) groups is 1. The predicted octanol–water partition coefficient (Wildman–Crippen LogP) is 2.76. The van der Waals surface area contributed by atoms with Crippen molar-refractivity contribution in [1.82, 2.24) is 4.98 Å². The second-order valence-electron chi connectivity index (χ2n) is 4.58. The molecule has 0 saturated heterocycles. The largest absolute Gasteiger partial charge is 0.492 e. The zero-order valence-electron chi connectivity index (χ0n) is 13.2. The van der Waals surface area contributed by atoms with Crippen LogP contribution in [0.4, 0.5) is 5.69 Å². The number of nitrogens with one attached hydrogen (secondary N) is 1. The number of ether oxygens (including phenoxy) is 3. The van der Waals surface area contributed by atoms with Gasteiger partial charge >= 0.3 is 0 Å². The van der Waals surface area contributed by atoms with E-state index in [1.54, 1.807) is 37.6 Å². The molecule has 122 valence electrons. The molecular formula is C17H20N2O4. The number of aromatic nitrogens is 1. The van der Waals surface area contributed by atoms with Gasteiger partial charge in [0.15, 0.2) is 0 Å². The Bertz CT molecular complexity index is 646. The van der Waals surface area contributed by atoms with Crippen molar-refractivity contribution in [3.05, 3.63) is 48.2 Å². The number of pyridine rings is 1. The molecule has 1 N–H and O–H groups in total. The second kappa shape index (κ2) is 8.75. The van der Waals surface area contributed by atoms with Crippen LogP contribution in [-0.4, -0.2) is 37.8 Å². The van der Waals surface area contributed by atoms with Crippen molar-refractivity contribution in [2.45, 2.75) is 6.92 Å². The van der Waals surface area contributed by atoms with Crippen molar-refractivity contribution < 1.29 is 19.0 Å². The van der Waals surface area contributed by atoms with E-state index in [4.69, 9.17) is 14.2 Å². The second-order valence-corrected chi connectivity index (χ2v) is 4.58. The number of hydrogen-bond acceptors (Lipinski definition) is 5. The van der Waals surface area contributed by atoms with E-state index in [1.807, 2.05) is 19.1 Å². The Balaban J connectivity index is 2.15. The van der Waals surface area contributed by atoms with E-state index >= 15 is 0 Å². The topological polar surface area (TPSA) is 69.7 Å². The lowest BCUT2D eigenvalue weighted by Gasteiger charge is -2.13. The third-order valence-electron chi connectivity index (χ3n) is 2.98. The van der Waals surface area contributed by atoms with Gasteiger partial charge in [0.1, 0.15) is 17.9 Å². The van der Waals surface area contributed by atoms with Crippen LogP contribution in [0.15, 0.2) is 42.6 Å². The summed E-state index contributed by atoms with van der Waals surface area (Å²) in [7, 11) is 1.58. The summed E-state index contributed by atoms with van der Waals surface area (Å²) in [6, 6.07) is 10.6. The van der Waals surface area contributed by atoms with Gasteiger partial charge in [0.05, 0.1) is 18.9 Å². The average Bonchev–Trinajstić information content (AvgIpc) is 2.57. The molecule has 1 amide bonds. The molecule has 0 spiro atoms. The highest BCUT2D eigenvalue weighted by Crippen LogP contribution is 2.25. The standard InChI is InChI=1S/C17H20N2O4/c1-3-22-15-9-5-4-8-14(15)19-16(20)13-7-6-10-18-17(13)23-12-11-21-2/h4-10H,3,11-12H2,1-2H3,(H,19,20). The Morgan fingerprint density at radius 1 is 1.13 bits per heavy atom. The maximum absolute atomic E-state index is 12.5. The number of methoxy groups -OCH3 is 1. The predicted molar refractivity (Wildman–Crippen MR) is 87.2 cm³/mol. The first kappa shape index (κ1) is 16.8. The number of benzene rings is 1. The van der Waals surface area contributed by atoms with Gasteiger partial charge in [-0.05, 0) is 31.2 Å². The zero-order chi connectivity index (χ0) is 16.5. The summed E-state index contributed by atoms with van der Waals surface area (Å²) in [6.07, 6.45) is 1.58. The first-order chi connectivity index (χ1) is 11.3. The van der Waals surface area contributed by atoms with Crippen molar-refractivity contribution in [2.75, 3.05) is 32.2 Å². The van der Waals surface area contributed by atoms with Gasteiger partial charge in [0.25, 0.3) is 5.91 Å². The molecule has 0 aliphatic rings. The van der Waals surface area contributed by atoms with E-state index in [0.29, 0.717) is 36.8 Å². The molecule has 0 aliphatic heterocycles. The first-order valence-corrected chi connectivity index (χ1v) is 7.36. The molecule has 0 bridgehead atoms. The van der Waals surface area contributed by atoms with Crippen molar-refractivity contribution in [2.24, 2.45) is 0 Å². The first-order valence-electron chi connectivity index (χ1n) is 7.36. The van der Waals surface area contributed by atoms with Crippen LogP contribution in [0, 0.1) is 0 Å². The van der Waals surface area contributed by atoms with E-state index in [1.165, 1.54) is 0 Å². The minimum absolute atomic E-state index is 0.274. The molecule has 0 atom stereocenters. The van der Waals surface area contributed by atoms with Gasteiger partial charge in [0.2, 0.25) is 5.88 Å². The highest BCUT2D eigenvalue weighted by Gasteiger charge is 2.15. The fourth-order valence-corrected chi connectivity index (χ4v) is 1.94. The molecular weight excluding hydrogens is 296 g/mol. The Morgan fingerprint density at radius 3 is 2.74 bits per heavy atom. The van der Waals surface area contributed by atoms with E-state index < -0.39 is 0 Å². The summed E-state index contributed by atoms with van der Waals surface area (Å²) >= 11 is 0. The Labute approximate surface area is 135 Å². The van der Waals surface area contributed by atoms with Crippen LogP contribution in [-0.2, 0) is 4.74 Å². The molecule has 6 nitrogen and oxygen atoms in total.